The van der Waals surface area contributed by atoms with Gasteiger partial charge in [-0.3, -0.25) is 9.69 Å². The van der Waals surface area contributed by atoms with Crippen molar-refractivity contribution in [1.29, 1.82) is 5.26 Å². The molecule has 2 aromatic heterocycles. The van der Waals surface area contributed by atoms with E-state index in [1.807, 2.05) is 40.9 Å². The molecule has 2 fully saturated rings. The van der Waals surface area contributed by atoms with Gasteiger partial charge in [-0.05, 0) is 55.5 Å². The first-order valence-electron chi connectivity index (χ1n) is 10.3. The maximum Gasteiger partial charge on any atom is 0.251 e. The molecular weight excluding hydrogens is 360 g/mol. The molecule has 0 atom stereocenters. The molecule has 1 aromatic carbocycles. The summed E-state index contributed by atoms with van der Waals surface area (Å²) in [4.78, 5) is 14.6. The summed E-state index contributed by atoms with van der Waals surface area (Å²) in [5, 5.41) is 12.7. The third kappa shape index (κ3) is 3.90. The Morgan fingerprint density at radius 3 is 2.59 bits per heavy atom. The number of nitrogens with one attached hydrogen (secondary N) is 1. The summed E-state index contributed by atoms with van der Waals surface area (Å²) in [7, 11) is 0. The molecule has 2 aliphatic carbocycles. The van der Waals surface area contributed by atoms with E-state index < -0.39 is 0 Å². The van der Waals surface area contributed by atoms with Crippen molar-refractivity contribution in [3.05, 3.63) is 77.1 Å². The molecule has 0 unspecified atom stereocenters. The van der Waals surface area contributed by atoms with Gasteiger partial charge >= 0.3 is 0 Å². The number of carbonyl (C=O) groups is 1. The van der Waals surface area contributed by atoms with E-state index in [9.17, 15) is 10.1 Å². The highest BCUT2D eigenvalue weighted by molar-refractivity contribution is 5.94. The van der Waals surface area contributed by atoms with Crippen LogP contribution < -0.4 is 5.32 Å². The van der Waals surface area contributed by atoms with E-state index in [-0.39, 0.29) is 5.91 Å². The van der Waals surface area contributed by atoms with Crippen molar-refractivity contribution in [3.8, 4) is 6.07 Å². The summed E-state index contributed by atoms with van der Waals surface area (Å²) in [5.74, 6) is 0.0252. The van der Waals surface area contributed by atoms with Gasteiger partial charge in [-0.2, -0.15) is 5.26 Å². The molecule has 0 bridgehead atoms. The Morgan fingerprint density at radius 1 is 1.10 bits per heavy atom. The molecule has 0 spiro atoms. The fraction of sp³-hybridized carbons (Fsp3) is 0.333. The number of aromatic nitrogens is 1. The standard InChI is InChI=1S/C24H24N4O/c25-13-22-19(15-27-12-2-1-3-23(22)27)16-28(21-10-11-21)14-17-4-6-18(7-5-17)24(29)26-20-8-9-20/h1-7,12,15,20-21H,8-11,14,16H2,(H,26,29). The first kappa shape index (κ1) is 18.0. The molecule has 0 saturated heterocycles. The van der Waals surface area contributed by atoms with E-state index in [0.717, 1.165) is 48.1 Å². The highest BCUT2D eigenvalue weighted by Crippen LogP contribution is 2.31. The second-order valence-electron chi connectivity index (χ2n) is 8.22. The van der Waals surface area contributed by atoms with Crippen LogP contribution in [0.2, 0.25) is 0 Å². The first-order chi connectivity index (χ1) is 14.2. The second-order valence-corrected chi connectivity index (χ2v) is 8.22. The quantitative estimate of drug-likeness (QED) is 0.673. The number of nitriles is 1. The van der Waals surface area contributed by atoms with Gasteiger partial charge < -0.3 is 9.72 Å². The number of rotatable bonds is 7. The summed E-state index contributed by atoms with van der Waals surface area (Å²) in [6.07, 6.45) is 8.68. The molecule has 5 rings (SSSR count). The van der Waals surface area contributed by atoms with Crippen LogP contribution in [0.15, 0.2) is 54.9 Å². The molecule has 1 amide bonds. The number of benzene rings is 1. The van der Waals surface area contributed by atoms with Gasteiger partial charge in [-0.25, -0.2) is 0 Å². The normalized spacial score (nSPS) is 16.1. The monoisotopic (exact) mass is 384 g/mol. The Morgan fingerprint density at radius 2 is 1.90 bits per heavy atom. The number of hydrogen-bond donors (Lipinski definition) is 1. The van der Waals surface area contributed by atoms with Crippen molar-refractivity contribution in [2.45, 2.75) is 50.9 Å². The van der Waals surface area contributed by atoms with Crippen molar-refractivity contribution in [3.63, 3.8) is 0 Å². The lowest BCUT2D eigenvalue weighted by molar-refractivity contribution is 0.0951. The maximum absolute atomic E-state index is 12.2. The molecule has 1 N–H and O–H groups in total. The van der Waals surface area contributed by atoms with Gasteiger partial charge in [0.25, 0.3) is 5.91 Å². The van der Waals surface area contributed by atoms with Gasteiger partial charge in [0.15, 0.2) is 0 Å². The minimum absolute atomic E-state index is 0.0252. The number of hydrogen-bond acceptors (Lipinski definition) is 3. The van der Waals surface area contributed by atoms with Gasteiger partial charge in [0.05, 0.1) is 11.1 Å². The van der Waals surface area contributed by atoms with Crippen molar-refractivity contribution in [2.75, 3.05) is 0 Å². The minimum atomic E-state index is 0.0252. The molecule has 2 aliphatic rings. The smallest absolute Gasteiger partial charge is 0.251 e. The Balaban J connectivity index is 1.32. The second kappa shape index (κ2) is 7.38. The van der Waals surface area contributed by atoms with Crippen LogP contribution in [0, 0.1) is 11.3 Å². The van der Waals surface area contributed by atoms with Gasteiger partial charge in [0, 0.05) is 48.7 Å². The summed E-state index contributed by atoms with van der Waals surface area (Å²) in [6, 6.07) is 17.2. The predicted octanol–water partition coefficient (Wildman–Crippen LogP) is 3.87. The molecule has 2 saturated carbocycles. The Kier molecular flexibility index (Phi) is 4.57. The summed E-state index contributed by atoms with van der Waals surface area (Å²) >= 11 is 0. The highest BCUT2D eigenvalue weighted by Gasteiger charge is 2.30. The van der Waals surface area contributed by atoms with Crippen molar-refractivity contribution in [1.82, 2.24) is 14.6 Å². The fourth-order valence-electron chi connectivity index (χ4n) is 3.89. The van der Waals surface area contributed by atoms with Gasteiger partial charge in [0.1, 0.15) is 6.07 Å². The average molecular weight is 384 g/mol. The number of fused-ring (bicyclic) bond motifs is 1. The average Bonchev–Trinajstić information content (AvgIpc) is 3.66. The highest BCUT2D eigenvalue weighted by atomic mass is 16.1. The van der Waals surface area contributed by atoms with Crippen LogP contribution in [0.3, 0.4) is 0 Å². The minimum Gasteiger partial charge on any atom is -0.349 e. The van der Waals surface area contributed by atoms with Gasteiger partial charge in [-0.15, -0.1) is 0 Å². The van der Waals surface area contributed by atoms with Crippen molar-refractivity contribution in [2.24, 2.45) is 0 Å². The number of amides is 1. The molecule has 5 heteroatoms. The zero-order valence-corrected chi connectivity index (χ0v) is 16.3. The summed E-state index contributed by atoms with van der Waals surface area (Å²) < 4.78 is 2.03. The van der Waals surface area contributed by atoms with E-state index in [1.165, 1.54) is 18.4 Å². The van der Waals surface area contributed by atoms with E-state index in [2.05, 4.69) is 34.6 Å². The Bertz CT molecular complexity index is 1080. The molecular formula is C24H24N4O. The SMILES string of the molecule is N#Cc1c(CN(Cc2ccc(C(=O)NC3CC3)cc2)C2CC2)cn2ccccc12. The molecule has 29 heavy (non-hydrogen) atoms. The van der Waals surface area contributed by atoms with E-state index >= 15 is 0 Å². The maximum atomic E-state index is 12.2. The van der Waals surface area contributed by atoms with Crippen LogP contribution in [0.25, 0.3) is 5.52 Å². The van der Waals surface area contributed by atoms with Crippen molar-refractivity contribution >= 4 is 11.4 Å². The van der Waals surface area contributed by atoms with Crippen LogP contribution in [0.4, 0.5) is 0 Å². The largest absolute Gasteiger partial charge is 0.349 e. The topological polar surface area (TPSA) is 60.5 Å². The van der Waals surface area contributed by atoms with Gasteiger partial charge in [0.2, 0.25) is 0 Å². The van der Waals surface area contributed by atoms with Crippen LogP contribution in [-0.4, -0.2) is 27.3 Å². The molecule has 0 radical (unpaired) electrons. The van der Waals surface area contributed by atoms with Crippen LogP contribution in [0.1, 0.15) is 52.7 Å². The third-order valence-electron chi connectivity index (χ3n) is 5.83. The zero-order chi connectivity index (χ0) is 19.8. The lowest BCUT2D eigenvalue weighted by atomic mass is 10.1. The Hall–Kier alpha value is -3.10. The number of nitrogens with zero attached hydrogens (tertiary/aromatic N) is 3. The van der Waals surface area contributed by atoms with Crippen LogP contribution in [-0.2, 0) is 13.1 Å². The molecule has 0 aliphatic heterocycles. The first-order valence-corrected chi connectivity index (χ1v) is 10.3. The lowest BCUT2D eigenvalue weighted by Gasteiger charge is -2.22. The van der Waals surface area contributed by atoms with E-state index in [4.69, 9.17) is 0 Å². The molecule has 146 valence electrons. The van der Waals surface area contributed by atoms with Crippen LogP contribution in [0.5, 0.6) is 0 Å². The van der Waals surface area contributed by atoms with Crippen LogP contribution >= 0.6 is 0 Å². The lowest BCUT2D eigenvalue weighted by Crippen LogP contribution is -2.26. The predicted molar refractivity (Wildman–Crippen MR) is 111 cm³/mol. The zero-order valence-electron chi connectivity index (χ0n) is 16.3. The van der Waals surface area contributed by atoms with E-state index in [0.29, 0.717) is 12.1 Å². The number of pyridine rings is 1. The summed E-state index contributed by atoms with van der Waals surface area (Å²) in [5.41, 5.74) is 4.73. The molecule has 2 heterocycles. The van der Waals surface area contributed by atoms with Gasteiger partial charge in [-0.1, -0.05) is 18.2 Å². The summed E-state index contributed by atoms with van der Waals surface area (Å²) in [6.45, 7) is 1.59. The number of carbonyl (C=O) groups excluding carboxylic acids is 1. The fourth-order valence-corrected chi connectivity index (χ4v) is 3.89. The van der Waals surface area contributed by atoms with Crippen molar-refractivity contribution < 1.29 is 4.79 Å². The molecule has 3 aromatic rings. The van der Waals surface area contributed by atoms with E-state index in [1.54, 1.807) is 0 Å². The Labute approximate surface area is 170 Å². The third-order valence-corrected chi connectivity index (χ3v) is 5.83. The molecule has 5 nitrogen and oxygen atoms in total.